The molecule has 1 N–H and O–H groups in total. The van der Waals surface area contributed by atoms with Crippen LogP contribution in [-0.4, -0.2) is 31.5 Å². The van der Waals surface area contributed by atoms with Gasteiger partial charge in [-0.2, -0.15) is 8.42 Å². The second-order valence-electron chi connectivity index (χ2n) is 5.32. The number of methoxy groups -OCH3 is 1. The zero-order chi connectivity index (χ0) is 19.2. The van der Waals surface area contributed by atoms with Crippen LogP contribution in [0.3, 0.4) is 0 Å². The molecule has 0 atom stereocenters. The van der Waals surface area contributed by atoms with Crippen LogP contribution in [0.15, 0.2) is 65.6 Å². The van der Waals surface area contributed by atoms with Crippen molar-refractivity contribution in [3.8, 4) is 17.2 Å². The molecular weight excluding hydrogens is 358 g/mol. The third kappa shape index (κ3) is 5.61. The van der Waals surface area contributed by atoms with Gasteiger partial charge in [-0.25, -0.2) is 0 Å². The van der Waals surface area contributed by atoms with E-state index in [-0.39, 0.29) is 12.4 Å². The van der Waals surface area contributed by atoms with Crippen molar-refractivity contribution in [2.24, 2.45) is 0 Å². The number of aliphatic hydroxyl groups is 1. The minimum absolute atomic E-state index is 0.194. The van der Waals surface area contributed by atoms with E-state index in [1.165, 1.54) is 23.9 Å². The Hall–Kier alpha value is -2.84. The minimum atomic E-state index is -3.84. The first-order valence-corrected chi connectivity index (χ1v) is 9.39. The molecule has 0 unspecified atom stereocenters. The van der Waals surface area contributed by atoms with Crippen LogP contribution in [0.2, 0.25) is 0 Å². The molecule has 8 heteroatoms. The lowest BCUT2D eigenvalue weighted by atomic mass is 10.2. The van der Waals surface area contributed by atoms with E-state index in [1.807, 2.05) is 0 Å². The molecule has 0 saturated heterocycles. The van der Waals surface area contributed by atoms with Crippen LogP contribution in [0.1, 0.15) is 5.56 Å². The summed E-state index contributed by atoms with van der Waals surface area (Å²) in [6.45, 7) is -0.342. The summed E-state index contributed by atoms with van der Waals surface area (Å²) < 4.78 is 34.2. The quantitative estimate of drug-likeness (QED) is 0.799. The lowest BCUT2D eigenvalue weighted by molar-refractivity contribution is 0.281. The number of aliphatic hydroxyl groups excluding tert-OH is 1. The van der Waals surface area contributed by atoms with Crippen molar-refractivity contribution in [1.82, 2.24) is 4.57 Å². The van der Waals surface area contributed by atoms with Gasteiger partial charge in [-0.3, -0.25) is 9.36 Å². The predicted molar refractivity (Wildman–Crippen MR) is 97.6 cm³/mol. The lowest BCUT2D eigenvalue weighted by Crippen LogP contribution is -2.15. The Morgan fingerprint density at radius 1 is 1.04 bits per heavy atom. The van der Waals surface area contributed by atoms with Crippen molar-refractivity contribution in [2.75, 3.05) is 13.4 Å². The highest BCUT2D eigenvalue weighted by atomic mass is 32.2. The largest absolute Gasteiger partial charge is 0.497 e. The van der Waals surface area contributed by atoms with Crippen molar-refractivity contribution < 1.29 is 22.4 Å². The van der Waals surface area contributed by atoms with E-state index in [4.69, 9.17) is 8.92 Å². The zero-order valence-corrected chi connectivity index (χ0v) is 15.1. The molecule has 0 spiro atoms. The second kappa shape index (κ2) is 8.50. The van der Waals surface area contributed by atoms with E-state index in [1.54, 1.807) is 42.5 Å². The average molecular weight is 377 g/mol. The third-order valence-electron chi connectivity index (χ3n) is 3.27. The maximum atomic E-state index is 12.7. The van der Waals surface area contributed by atoms with Crippen molar-refractivity contribution in [1.29, 1.82) is 0 Å². The second-order valence-corrected chi connectivity index (χ2v) is 6.89. The molecule has 0 radical (unpaired) electrons. The summed E-state index contributed by atoms with van der Waals surface area (Å²) in [6.07, 6.45) is 2.40. The number of benzene rings is 1. The van der Waals surface area contributed by atoms with Crippen LogP contribution in [0, 0.1) is 0 Å². The maximum absolute atomic E-state index is 12.7. The molecule has 0 aliphatic rings. The van der Waals surface area contributed by atoms with Crippen LogP contribution in [0.4, 0.5) is 0 Å². The number of rotatable bonds is 5. The van der Waals surface area contributed by atoms with Gasteiger partial charge >= 0.3 is 10.1 Å². The molecule has 26 heavy (non-hydrogen) atoms. The Labute approximate surface area is 151 Å². The van der Waals surface area contributed by atoms with Gasteiger partial charge in [-0.15, -0.1) is 0 Å². The normalized spacial score (nSPS) is 10.7. The first-order valence-electron chi connectivity index (χ1n) is 7.57. The summed E-state index contributed by atoms with van der Waals surface area (Å²) in [5, 5.41) is 9.35. The van der Waals surface area contributed by atoms with Gasteiger partial charge < -0.3 is 14.0 Å². The zero-order valence-electron chi connectivity index (χ0n) is 14.3. The van der Waals surface area contributed by atoms with Crippen LogP contribution in [0.5, 0.6) is 11.5 Å². The number of nitrogens with zero attached hydrogens (tertiary/aromatic N) is 1. The fourth-order valence-electron chi connectivity index (χ4n) is 2.13. The summed E-state index contributed by atoms with van der Waals surface area (Å²) in [4.78, 5) is 12.7. The first-order chi connectivity index (χ1) is 12.3. The third-order valence-corrected chi connectivity index (χ3v) is 3.76. The summed E-state index contributed by atoms with van der Waals surface area (Å²) in [7, 11) is -2.30. The van der Waals surface area contributed by atoms with Gasteiger partial charge in [-0.05, 0) is 42.0 Å². The van der Waals surface area contributed by atoms with Gasteiger partial charge in [0.2, 0.25) is 0 Å². The Morgan fingerprint density at radius 3 is 2.31 bits per heavy atom. The minimum Gasteiger partial charge on any atom is -0.497 e. The fourth-order valence-corrected chi connectivity index (χ4v) is 2.58. The smallest absolute Gasteiger partial charge is 0.306 e. The molecule has 0 aliphatic heterocycles. The van der Waals surface area contributed by atoms with E-state index in [0.717, 1.165) is 12.3 Å². The molecule has 1 heterocycles. The molecule has 7 nitrogen and oxygen atoms in total. The molecule has 0 saturated carbocycles. The fraction of sp³-hybridized carbons (Fsp3) is 0.167. The molecule has 0 aliphatic carbocycles. The Morgan fingerprint density at radius 2 is 1.73 bits per heavy atom. The summed E-state index contributed by atoms with van der Waals surface area (Å²) >= 11 is 0. The van der Waals surface area contributed by atoms with Gasteiger partial charge in [0.25, 0.3) is 5.56 Å². The van der Waals surface area contributed by atoms with Crippen LogP contribution >= 0.6 is 0 Å². The molecule has 2 rings (SSSR count). The predicted octanol–water partition coefficient (Wildman–Crippen LogP) is 1.80. The van der Waals surface area contributed by atoms with Crippen molar-refractivity contribution in [3.05, 3.63) is 76.7 Å². The highest BCUT2D eigenvalue weighted by molar-refractivity contribution is 7.86. The summed E-state index contributed by atoms with van der Waals surface area (Å²) in [5.74, 6) is 0.443. The monoisotopic (exact) mass is 377 g/mol. The average Bonchev–Trinajstić information content (AvgIpc) is 2.59. The Kier molecular flexibility index (Phi) is 6.37. The molecule has 1 aromatic carbocycles. The number of aromatic nitrogens is 1. The summed E-state index contributed by atoms with van der Waals surface area (Å²) in [6, 6.07) is 14.0. The van der Waals surface area contributed by atoms with Crippen LogP contribution < -0.4 is 14.5 Å². The molecule has 0 amide bonds. The van der Waals surface area contributed by atoms with E-state index in [2.05, 4.69) is 0 Å². The molecule has 0 fully saturated rings. The maximum Gasteiger partial charge on any atom is 0.306 e. The van der Waals surface area contributed by atoms with E-state index in [0.29, 0.717) is 17.0 Å². The van der Waals surface area contributed by atoms with E-state index >= 15 is 0 Å². The number of hydrogen-bond acceptors (Lipinski definition) is 6. The van der Waals surface area contributed by atoms with Crippen LogP contribution in [0.25, 0.3) is 5.69 Å². The van der Waals surface area contributed by atoms with Gasteiger partial charge in [-0.1, -0.05) is 12.1 Å². The SMILES string of the molecule is COc1ccc(-n2ccccc(CO)cc(OS(C)(=O)=O)cc2=O)cc1. The first kappa shape index (κ1) is 19.5. The Bertz CT molecular complexity index is 979. The van der Waals surface area contributed by atoms with E-state index < -0.39 is 15.7 Å². The molecule has 0 bridgehead atoms. The van der Waals surface area contributed by atoms with Crippen molar-refractivity contribution in [2.45, 2.75) is 6.61 Å². The topological polar surface area (TPSA) is 94.8 Å². The van der Waals surface area contributed by atoms with Crippen molar-refractivity contribution >= 4 is 10.1 Å². The van der Waals surface area contributed by atoms with Gasteiger partial charge in [0.05, 0.1) is 20.0 Å². The standard InChI is InChI=1S/C18H19NO6S/c1-24-16-8-6-15(7-9-16)19-10-4-3-5-14(13-20)11-17(12-18(19)21)25-26(2,22)23/h3-12,20H,13H2,1-2H3. The van der Waals surface area contributed by atoms with Gasteiger partial charge in [0, 0.05) is 18.0 Å². The van der Waals surface area contributed by atoms with Gasteiger partial charge in [0.1, 0.15) is 11.5 Å². The lowest BCUT2D eigenvalue weighted by Gasteiger charge is -2.06. The summed E-state index contributed by atoms with van der Waals surface area (Å²) in [5.41, 5.74) is 0.423. The molecule has 138 valence electrons. The van der Waals surface area contributed by atoms with Crippen LogP contribution in [-0.2, 0) is 16.7 Å². The highest BCUT2D eigenvalue weighted by Gasteiger charge is 2.06. The Balaban J connectivity index is 2.71. The molecular formula is C18H19NO6S. The molecule has 2 aromatic rings. The number of ether oxygens (including phenoxy) is 1. The molecule has 1 aromatic heterocycles. The van der Waals surface area contributed by atoms with Crippen molar-refractivity contribution in [3.63, 3.8) is 0 Å². The van der Waals surface area contributed by atoms with Gasteiger partial charge in [0.15, 0.2) is 0 Å². The number of hydrogen-bond donors (Lipinski definition) is 1. The van der Waals surface area contributed by atoms with E-state index in [9.17, 15) is 18.3 Å². The highest BCUT2D eigenvalue weighted by Crippen LogP contribution is 2.14.